The molecule has 2 bridgehead atoms. The van der Waals surface area contributed by atoms with E-state index in [-0.39, 0.29) is 19.8 Å². The summed E-state index contributed by atoms with van der Waals surface area (Å²) in [7, 11) is 0. The third-order valence-corrected chi connectivity index (χ3v) is 4.82. The van der Waals surface area contributed by atoms with Gasteiger partial charge in [0, 0.05) is 6.54 Å². The molecule has 2 atom stereocenters. The van der Waals surface area contributed by atoms with E-state index in [1.165, 1.54) is 0 Å². The highest BCUT2D eigenvalue weighted by Crippen LogP contribution is 2.49. The van der Waals surface area contributed by atoms with Crippen LogP contribution in [0, 0.1) is 5.41 Å². The number of carbonyl (C=O) groups is 2. The predicted octanol–water partition coefficient (Wildman–Crippen LogP) is 2.33. The van der Waals surface area contributed by atoms with Gasteiger partial charge in [-0.15, -0.1) is 0 Å². The second-order valence-corrected chi connectivity index (χ2v) is 6.50. The van der Waals surface area contributed by atoms with Gasteiger partial charge in [-0.3, -0.25) is 4.79 Å². The molecule has 0 aromatic heterocycles. The SMILES string of the molecule is O=C(NCC12CCCC(C(=O)O)(CO1)C2)OCc1ccccc1. The monoisotopic (exact) mass is 319 g/mol. The normalized spacial score (nSPS) is 29.0. The van der Waals surface area contributed by atoms with Gasteiger partial charge < -0.3 is 19.9 Å². The Morgan fingerprint density at radius 3 is 2.78 bits per heavy atom. The molecule has 6 nitrogen and oxygen atoms in total. The summed E-state index contributed by atoms with van der Waals surface area (Å²) in [4.78, 5) is 23.3. The predicted molar refractivity (Wildman–Crippen MR) is 81.8 cm³/mol. The van der Waals surface area contributed by atoms with Gasteiger partial charge in [-0.1, -0.05) is 30.3 Å². The number of amides is 1. The summed E-state index contributed by atoms with van der Waals surface area (Å²) < 4.78 is 11.0. The molecule has 1 aliphatic carbocycles. The van der Waals surface area contributed by atoms with E-state index < -0.39 is 23.1 Å². The first-order valence-electron chi connectivity index (χ1n) is 7.86. The molecule has 1 aromatic rings. The number of carboxylic acid groups (broad SMARTS) is 1. The van der Waals surface area contributed by atoms with E-state index >= 15 is 0 Å². The van der Waals surface area contributed by atoms with Gasteiger partial charge in [0.15, 0.2) is 0 Å². The van der Waals surface area contributed by atoms with Crippen molar-refractivity contribution >= 4 is 12.1 Å². The van der Waals surface area contributed by atoms with Gasteiger partial charge in [0.1, 0.15) is 6.61 Å². The Bertz CT molecular complexity index is 590. The molecule has 124 valence electrons. The third kappa shape index (κ3) is 3.32. The fraction of sp³-hybridized carbons (Fsp3) is 0.529. The van der Waals surface area contributed by atoms with Gasteiger partial charge >= 0.3 is 12.1 Å². The Morgan fingerprint density at radius 1 is 1.26 bits per heavy atom. The van der Waals surface area contributed by atoms with Crippen LogP contribution in [-0.4, -0.2) is 35.9 Å². The van der Waals surface area contributed by atoms with Gasteiger partial charge in [0.25, 0.3) is 0 Å². The highest BCUT2D eigenvalue weighted by molar-refractivity contribution is 5.75. The molecule has 23 heavy (non-hydrogen) atoms. The highest BCUT2D eigenvalue weighted by Gasteiger charge is 2.56. The van der Waals surface area contributed by atoms with E-state index in [1.807, 2.05) is 30.3 Å². The lowest BCUT2D eigenvalue weighted by atomic mass is 9.70. The Labute approximate surface area is 134 Å². The molecule has 1 saturated heterocycles. The first-order chi connectivity index (χ1) is 11.0. The molecule has 6 heteroatoms. The molecule has 1 amide bonds. The minimum Gasteiger partial charge on any atom is -0.481 e. The molecule has 1 heterocycles. The van der Waals surface area contributed by atoms with Crippen molar-refractivity contribution in [2.75, 3.05) is 13.2 Å². The van der Waals surface area contributed by atoms with Crippen LogP contribution in [0.5, 0.6) is 0 Å². The summed E-state index contributed by atoms with van der Waals surface area (Å²) in [6.07, 6.45) is 2.15. The number of carboxylic acids is 1. The fourth-order valence-corrected chi connectivity index (χ4v) is 3.53. The van der Waals surface area contributed by atoms with Crippen LogP contribution in [0.4, 0.5) is 4.79 Å². The van der Waals surface area contributed by atoms with Crippen molar-refractivity contribution < 1.29 is 24.2 Å². The van der Waals surface area contributed by atoms with Crippen LogP contribution in [0.2, 0.25) is 0 Å². The number of hydrogen-bond acceptors (Lipinski definition) is 4. The lowest BCUT2D eigenvalue weighted by molar-refractivity contribution is -0.149. The van der Waals surface area contributed by atoms with Crippen molar-refractivity contribution in [1.82, 2.24) is 5.32 Å². The van der Waals surface area contributed by atoms with Crippen LogP contribution in [0.15, 0.2) is 30.3 Å². The number of ether oxygens (including phenoxy) is 2. The average Bonchev–Trinajstić information content (AvgIpc) is 2.84. The largest absolute Gasteiger partial charge is 0.481 e. The maximum absolute atomic E-state index is 11.8. The Kier molecular flexibility index (Phi) is 4.26. The second-order valence-electron chi connectivity index (χ2n) is 6.50. The summed E-state index contributed by atoms with van der Waals surface area (Å²) in [6, 6.07) is 9.44. The second kappa shape index (κ2) is 6.20. The van der Waals surface area contributed by atoms with Crippen LogP contribution < -0.4 is 5.32 Å². The topological polar surface area (TPSA) is 84.9 Å². The van der Waals surface area contributed by atoms with Crippen LogP contribution in [0.25, 0.3) is 0 Å². The van der Waals surface area contributed by atoms with Crippen molar-refractivity contribution in [3.63, 3.8) is 0 Å². The first kappa shape index (κ1) is 15.8. The van der Waals surface area contributed by atoms with Crippen molar-refractivity contribution in [3.05, 3.63) is 35.9 Å². The number of carbonyl (C=O) groups excluding carboxylic acids is 1. The molecule has 3 rings (SSSR count). The van der Waals surface area contributed by atoms with E-state index in [0.29, 0.717) is 12.8 Å². The first-order valence-corrected chi connectivity index (χ1v) is 7.86. The number of fused-ring (bicyclic) bond motifs is 2. The number of rotatable bonds is 5. The standard InChI is InChI=1S/C17H21NO5/c19-14(20)16-7-4-8-17(10-16,23-12-16)11-18-15(21)22-9-13-5-2-1-3-6-13/h1-3,5-6H,4,7-12H2,(H,18,21)(H,19,20). The van der Waals surface area contributed by atoms with Crippen molar-refractivity contribution in [3.8, 4) is 0 Å². The zero-order chi connectivity index (χ0) is 16.3. The number of hydrogen-bond donors (Lipinski definition) is 2. The van der Waals surface area contributed by atoms with Gasteiger partial charge in [0.05, 0.1) is 17.6 Å². The zero-order valence-corrected chi connectivity index (χ0v) is 12.9. The lowest BCUT2D eigenvalue weighted by Crippen LogP contribution is -2.46. The maximum Gasteiger partial charge on any atom is 0.407 e. The number of benzene rings is 1. The molecule has 1 aromatic carbocycles. The lowest BCUT2D eigenvalue weighted by Gasteiger charge is -2.34. The third-order valence-electron chi connectivity index (χ3n) is 4.82. The summed E-state index contributed by atoms with van der Waals surface area (Å²) in [5.74, 6) is -0.800. The molecule has 0 radical (unpaired) electrons. The Morgan fingerprint density at radius 2 is 2.04 bits per heavy atom. The van der Waals surface area contributed by atoms with Crippen LogP contribution in [-0.2, 0) is 20.9 Å². The van der Waals surface area contributed by atoms with E-state index in [1.54, 1.807) is 0 Å². The summed E-state index contributed by atoms with van der Waals surface area (Å²) >= 11 is 0. The quantitative estimate of drug-likeness (QED) is 0.870. The number of alkyl carbamates (subject to hydrolysis) is 1. The Balaban J connectivity index is 1.50. The van der Waals surface area contributed by atoms with Crippen LogP contribution in [0.1, 0.15) is 31.2 Å². The number of aliphatic carboxylic acids is 1. The van der Waals surface area contributed by atoms with Gasteiger partial charge in [-0.2, -0.15) is 0 Å². The molecule has 2 aliphatic rings. The average molecular weight is 319 g/mol. The molecule has 1 saturated carbocycles. The van der Waals surface area contributed by atoms with E-state index in [9.17, 15) is 14.7 Å². The van der Waals surface area contributed by atoms with Gasteiger partial charge in [-0.25, -0.2) is 4.79 Å². The van der Waals surface area contributed by atoms with Crippen LogP contribution >= 0.6 is 0 Å². The molecule has 1 aliphatic heterocycles. The molecule has 2 N–H and O–H groups in total. The van der Waals surface area contributed by atoms with E-state index in [2.05, 4.69) is 5.32 Å². The minimum absolute atomic E-state index is 0.208. The molecular formula is C17H21NO5. The molecule has 2 fully saturated rings. The molecule has 2 unspecified atom stereocenters. The van der Waals surface area contributed by atoms with Gasteiger partial charge in [-0.05, 0) is 31.2 Å². The summed E-state index contributed by atoms with van der Waals surface area (Å²) in [5, 5.41) is 12.1. The fourth-order valence-electron chi connectivity index (χ4n) is 3.53. The highest BCUT2D eigenvalue weighted by atomic mass is 16.5. The Hall–Kier alpha value is -2.08. The summed E-state index contributed by atoms with van der Waals surface area (Å²) in [6.45, 7) is 0.721. The molecular weight excluding hydrogens is 298 g/mol. The summed E-state index contributed by atoms with van der Waals surface area (Å²) in [5.41, 5.74) is -0.434. The zero-order valence-electron chi connectivity index (χ0n) is 12.9. The van der Waals surface area contributed by atoms with Crippen molar-refractivity contribution in [2.45, 2.75) is 37.9 Å². The van der Waals surface area contributed by atoms with E-state index in [4.69, 9.17) is 9.47 Å². The van der Waals surface area contributed by atoms with Crippen molar-refractivity contribution in [1.29, 1.82) is 0 Å². The van der Waals surface area contributed by atoms with Crippen molar-refractivity contribution in [2.24, 2.45) is 5.41 Å². The molecule has 0 spiro atoms. The van der Waals surface area contributed by atoms with Crippen LogP contribution in [0.3, 0.4) is 0 Å². The van der Waals surface area contributed by atoms with Gasteiger partial charge in [0.2, 0.25) is 0 Å². The smallest absolute Gasteiger partial charge is 0.407 e. The number of nitrogens with one attached hydrogen (secondary N) is 1. The minimum atomic E-state index is -0.800. The maximum atomic E-state index is 11.8. The van der Waals surface area contributed by atoms with E-state index in [0.717, 1.165) is 18.4 Å².